The first-order chi connectivity index (χ1) is 15.8. The maximum absolute atomic E-state index is 9.48. The quantitative estimate of drug-likeness (QED) is 0.0735. The Bertz CT molecular complexity index is 332. The summed E-state index contributed by atoms with van der Waals surface area (Å²) in [6.07, 6.45) is 26.4. The molecule has 0 aromatic carbocycles. The number of unbranched alkanes of at least 4 members (excludes halogenated alkanes) is 18. The van der Waals surface area contributed by atoms with Crippen molar-refractivity contribution in [3.63, 3.8) is 0 Å². The van der Waals surface area contributed by atoms with Crippen LogP contribution in [0.3, 0.4) is 0 Å². The topological polar surface area (TPSA) is 38.7 Å². The van der Waals surface area contributed by atoms with Crippen LogP contribution in [0.1, 0.15) is 128 Å². The molecule has 0 bridgehead atoms. The lowest BCUT2D eigenvalue weighted by atomic mass is 10.1. The maximum Gasteiger partial charge on any atom is 0.104 e. The van der Waals surface area contributed by atoms with Crippen molar-refractivity contribution in [1.29, 1.82) is 0 Å². The SMILES string of the molecule is OCC(COCCCCCCCCCCCCBr)OCCCCCCCCCCCCBr. The number of halogens is 2. The molecule has 0 aromatic rings. The van der Waals surface area contributed by atoms with Gasteiger partial charge in [-0.05, 0) is 25.7 Å². The van der Waals surface area contributed by atoms with Crippen molar-refractivity contribution >= 4 is 31.9 Å². The van der Waals surface area contributed by atoms with Crippen molar-refractivity contribution < 1.29 is 14.6 Å². The lowest BCUT2D eigenvalue weighted by Gasteiger charge is -2.15. The van der Waals surface area contributed by atoms with Crippen LogP contribution < -0.4 is 0 Å². The van der Waals surface area contributed by atoms with Crippen LogP contribution in [0.15, 0.2) is 0 Å². The number of rotatable bonds is 28. The van der Waals surface area contributed by atoms with Crippen LogP contribution in [0, 0.1) is 0 Å². The van der Waals surface area contributed by atoms with Gasteiger partial charge in [0.25, 0.3) is 0 Å². The van der Waals surface area contributed by atoms with Crippen LogP contribution in [0.5, 0.6) is 0 Å². The Morgan fingerprint density at radius 2 is 0.812 bits per heavy atom. The summed E-state index contributed by atoms with van der Waals surface area (Å²) in [4.78, 5) is 0. The molecule has 3 nitrogen and oxygen atoms in total. The highest BCUT2D eigenvalue weighted by molar-refractivity contribution is 9.09. The van der Waals surface area contributed by atoms with Crippen molar-refractivity contribution in [2.24, 2.45) is 0 Å². The molecule has 0 radical (unpaired) electrons. The number of aliphatic hydroxyl groups is 1. The van der Waals surface area contributed by atoms with E-state index in [9.17, 15) is 5.11 Å². The first-order valence-corrected chi connectivity index (χ1v) is 16.0. The van der Waals surface area contributed by atoms with E-state index in [1.165, 1.54) is 116 Å². The lowest BCUT2D eigenvalue weighted by molar-refractivity contribution is -0.0437. The van der Waals surface area contributed by atoms with Gasteiger partial charge in [-0.3, -0.25) is 0 Å². The van der Waals surface area contributed by atoms with Gasteiger partial charge in [-0.1, -0.05) is 135 Å². The van der Waals surface area contributed by atoms with E-state index in [0.717, 1.165) is 36.7 Å². The fourth-order valence-electron chi connectivity index (χ4n) is 3.94. The van der Waals surface area contributed by atoms with E-state index < -0.39 is 0 Å². The molecule has 0 fully saturated rings. The third-order valence-electron chi connectivity index (χ3n) is 6.06. The maximum atomic E-state index is 9.48. The minimum Gasteiger partial charge on any atom is -0.394 e. The van der Waals surface area contributed by atoms with Gasteiger partial charge in [0.1, 0.15) is 6.10 Å². The summed E-state index contributed by atoms with van der Waals surface area (Å²) in [5, 5.41) is 11.8. The van der Waals surface area contributed by atoms with Crippen LogP contribution in [0.2, 0.25) is 0 Å². The van der Waals surface area contributed by atoms with E-state index >= 15 is 0 Å². The standard InChI is InChI=1S/C27H54Br2O3/c28-21-17-13-9-5-1-3-7-11-15-19-23-31-26-27(25-30)32-24-20-16-12-8-4-2-6-10-14-18-22-29/h27,30H,1-26H2. The Morgan fingerprint density at radius 3 is 1.19 bits per heavy atom. The van der Waals surface area contributed by atoms with E-state index in [0.29, 0.717) is 6.61 Å². The number of hydrogen-bond donors (Lipinski definition) is 1. The summed E-state index contributed by atoms with van der Waals surface area (Å²) in [6.45, 7) is 2.13. The zero-order chi connectivity index (χ0) is 23.4. The zero-order valence-electron chi connectivity index (χ0n) is 21.0. The summed E-state index contributed by atoms with van der Waals surface area (Å²) in [5.41, 5.74) is 0. The molecule has 0 heterocycles. The van der Waals surface area contributed by atoms with Crippen molar-refractivity contribution in [2.75, 3.05) is 37.1 Å². The minimum absolute atomic E-state index is 0.0602. The molecule has 1 unspecified atom stereocenters. The second kappa shape index (κ2) is 29.9. The van der Waals surface area contributed by atoms with Gasteiger partial charge in [0.2, 0.25) is 0 Å². The Labute approximate surface area is 217 Å². The molecule has 0 aliphatic heterocycles. The van der Waals surface area contributed by atoms with E-state index in [4.69, 9.17) is 9.47 Å². The highest BCUT2D eigenvalue weighted by atomic mass is 79.9. The molecule has 0 rings (SSSR count). The Hall–Kier alpha value is 0.840. The highest BCUT2D eigenvalue weighted by Crippen LogP contribution is 2.12. The highest BCUT2D eigenvalue weighted by Gasteiger charge is 2.07. The normalized spacial score (nSPS) is 12.5. The smallest absolute Gasteiger partial charge is 0.104 e. The van der Waals surface area contributed by atoms with Gasteiger partial charge in [0.05, 0.1) is 13.2 Å². The molecule has 0 saturated heterocycles. The average molecular weight is 587 g/mol. The van der Waals surface area contributed by atoms with E-state index in [2.05, 4.69) is 31.9 Å². The summed E-state index contributed by atoms with van der Waals surface area (Å²) >= 11 is 6.98. The van der Waals surface area contributed by atoms with Gasteiger partial charge >= 0.3 is 0 Å². The molecule has 32 heavy (non-hydrogen) atoms. The Balaban J connectivity index is 3.26. The number of alkyl halides is 2. The van der Waals surface area contributed by atoms with Crippen LogP contribution in [-0.4, -0.2) is 48.3 Å². The number of ether oxygens (including phenoxy) is 2. The van der Waals surface area contributed by atoms with E-state index in [1.54, 1.807) is 0 Å². The summed E-state index contributed by atoms with van der Waals surface area (Å²) in [5.74, 6) is 0. The number of aliphatic hydroxyl groups excluding tert-OH is 1. The zero-order valence-corrected chi connectivity index (χ0v) is 24.2. The summed E-state index contributed by atoms with van der Waals surface area (Å²) in [6, 6.07) is 0. The van der Waals surface area contributed by atoms with Gasteiger partial charge in [0, 0.05) is 23.9 Å². The van der Waals surface area contributed by atoms with E-state index in [-0.39, 0.29) is 12.7 Å². The van der Waals surface area contributed by atoms with Crippen molar-refractivity contribution in [3.05, 3.63) is 0 Å². The van der Waals surface area contributed by atoms with E-state index in [1.807, 2.05) is 0 Å². The van der Waals surface area contributed by atoms with Gasteiger partial charge in [-0.15, -0.1) is 0 Å². The number of hydrogen-bond acceptors (Lipinski definition) is 3. The molecule has 0 saturated carbocycles. The molecule has 0 aliphatic rings. The fourth-order valence-corrected chi connectivity index (χ4v) is 4.73. The third-order valence-corrected chi connectivity index (χ3v) is 7.18. The van der Waals surface area contributed by atoms with Crippen LogP contribution >= 0.6 is 31.9 Å². The molecule has 1 N–H and O–H groups in total. The molecule has 1 atom stereocenters. The summed E-state index contributed by atoms with van der Waals surface area (Å²) < 4.78 is 11.5. The Kier molecular flexibility index (Phi) is 30.7. The predicted octanol–water partition coefficient (Wildman–Crippen LogP) is 8.97. The monoisotopic (exact) mass is 584 g/mol. The van der Waals surface area contributed by atoms with Gasteiger partial charge in [0.15, 0.2) is 0 Å². The molecule has 0 spiro atoms. The predicted molar refractivity (Wildman–Crippen MR) is 148 cm³/mol. The average Bonchev–Trinajstić information content (AvgIpc) is 2.81. The van der Waals surface area contributed by atoms with Gasteiger partial charge < -0.3 is 14.6 Å². The second-order valence-electron chi connectivity index (χ2n) is 9.20. The van der Waals surface area contributed by atoms with Crippen molar-refractivity contribution in [1.82, 2.24) is 0 Å². The molecular formula is C27H54Br2O3. The fraction of sp³-hybridized carbons (Fsp3) is 1.00. The van der Waals surface area contributed by atoms with Crippen LogP contribution in [0.4, 0.5) is 0 Å². The Morgan fingerprint density at radius 1 is 0.469 bits per heavy atom. The first-order valence-electron chi connectivity index (χ1n) is 13.8. The molecule has 194 valence electrons. The van der Waals surface area contributed by atoms with Crippen molar-refractivity contribution in [3.8, 4) is 0 Å². The lowest BCUT2D eigenvalue weighted by Crippen LogP contribution is -2.24. The van der Waals surface area contributed by atoms with Crippen molar-refractivity contribution in [2.45, 2.75) is 135 Å². The third kappa shape index (κ3) is 27.1. The largest absolute Gasteiger partial charge is 0.394 e. The second-order valence-corrected chi connectivity index (χ2v) is 10.8. The summed E-state index contributed by atoms with van der Waals surface area (Å²) in [7, 11) is 0. The molecule has 0 amide bonds. The first kappa shape index (κ1) is 32.8. The molecular weight excluding hydrogens is 532 g/mol. The van der Waals surface area contributed by atoms with Gasteiger partial charge in [-0.2, -0.15) is 0 Å². The molecule has 0 aliphatic carbocycles. The van der Waals surface area contributed by atoms with Crippen LogP contribution in [-0.2, 0) is 9.47 Å². The molecule has 5 heteroatoms. The van der Waals surface area contributed by atoms with Crippen LogP contribution in [0.25, 0.3) is 0 Å². The molecule has 0 aromatic heterocycles. The minimum atomic E-state index is -0.154. The van der Waals surface area contributed by atoms with Gasteiger partial charge in [-0.25, -0.2) is 0 Å².